The van der Waals surface area contributed by atoms with Gasteiger partial charge in [0.2, 0.25) is 0 Å². The summed E-state index contributed by atoms with van der Waals surface area (Å²) in [7, 11) is 0. The summed E-state index contributed by atoms with van der Waals surface area (Å²) in [5.74, 6) is 0.395. The summed E-state index contributed by atoms with van der Waals surface area (Å²) >= 11 is 1.59. The van der Waals surface area contributed by atoms with E-state index in [0.29, 0.717) is 17.6 Å². The summed E-state index contributed by atoms with van der Waals surface area (Å²) in [5.41, 5.74) is 7.22. The van der Waals surface area contributed by atoms with Gasteiger partial charge < -0.3 is 16.4 Å². The van der Waals surface area contributed by atoms with Crippen LogP contribution in [0.2, 0.25) is 0 Å². The van der Waals surface area contributed by atoms with Gasteiger partial charge >= 0.3 is 0 Å². The van der Waals surface area contributed by atoms with E-state index in [1.165, 1.54) is 0 Å². The summed E-state index contributed by atoms with van der Waals surface area (Å²) in [4.78, 5) is 17.6. The van der Waals surface area contributed by atoms with Crippen molar-refractivity contribution in [2.24, 2.45) is 5.73 Å². The molecule has 0 unspecified atom stereocenters. The second-order valence-corrected chi connectivity index (χ2v) is 8.02. The van der Waals surface area contributed by atoms with Crippen molar-refractivity contribution in [2.75, 3.05) is 11.9 Å². The molecule has 2 atom stereocenters. The van der Waals surface area contributed by atoms with Gasteiger partial charge in [-0.05, 0) is 37.4 Å². The molecule has 4 rings (SSSR count). The highest BCUT2D eigenvalue weighted by Gasteiger charge is 2.25. The molecule has 0 saturated carbocycles. The number of carbonyl (C=O) groups is 1. The Hall–Kier alpha value is -2.44. The first-order chi connectivity index (χ1) is 13.2. The second kappa shape index (κ2) is 7.66. The highest BCUT2D eigenvalue weighted by molar-refractivity contribution is 7.22. The van der Waals surface area contributed by atoms with Crippen molar-refractivity contribution in [3.63, 3.8) is 0 Å². The van der Waals surface area contributed by atoms with E-state index in [2.05, 4.69) is 40.7 Å². The number of carbonyl (C=O) groups excluding carboxylic acids is 1. The molecule has 1 saturated heterocycles. The molecule has 1 aliphatic heterocycles. The van der Waals surface area contributed by atoms with Crippen LogP contribution in [0.1, 0.15) is 36.5 Å². The molecule has 1 aromatic carbocycles. The SMILES string of the molecule is CC[C@H]1NCCC[C@H]1Nc1ncc(C(N)=O)c2sc(-c3ccccc3)cc12. The maximum Gasteiger partial charge on any atom is 0.251 e. The topological polar surface area (TPSA) is 80.0 Å². The lowest BCUT2D eigenvalue weighted by atomic mass is 9.96. The standard InChI is InChI=1S/C21H24N4OS/c1-2-16-17(9-6-10-23-16)25-21-14-11-18(13-7-4-3-5-8-13)27-19(14)15(12-24-21)20(22)26/h3-5,7-8,11-12,16-17,23H,2,6,9-10H2,1H3,(H2,22,26)(H,24,25)/t16-,17-/m1/s1. The Morgan fingerprint density at radius 2 is 2.19 bits per heavy atom. The Balaban J connectivity index is 1.78. The van der Waals surface area contributed by atoms with Gasteiger partial charge in [-0.15, -0.1) is 11.3 Å². The van der Waals surface area contributed by atoms with Gasteiger partial charge in [0.15, 0.2) is 0 Å². The van der Waals surface area contributed by atoms with Crippen molar-refractivity contribution in [1.29, 1.82) is 0 Å². The number of nitrogens with two attached hydrogens (primary N) is 1. The first-order valence-electron chi connectivity index (χ1n) is 9.45. The van der Waals surface area contributed by atoms with Gasteiger partial charge in [0.05, 0.1) is 10.3 Å². The lowest BCUT2D eigenvalue weighted by Crippen LogP contribution is -2.48. The minimum Gasteiger partial charge on any atom is -0.366 e. The van der Waals surface area contributed by atoms with Crippen LogP contribution in [0.15, 0.2) is 42.6 Å². The molecule has 5 nitrogen and oxygen atoms in total. The predicted molar refractivity (Wildman–Crippen MR) is 112 cm³/mol. The summed E-state index contributed by atoms with van der Waals surface area (Å²) in [5, 5.41) is 8.19. The third-order valence-corrected chi connectivity index (χ3v) is 6.44. The van der Waals surface area contributed by atoms with E-state index in [4.69, 9.17) is 5.73 Å². The van der Waals surface area contributed by atoms with Crippen molar-refractivity contribution in [3.8, 4) is 10.4 Å². The molecule has 0 aliphatic carbocycles. The van der Waals surface area contributed by atoms with Crippen LogP contribution in [0.25, 0.3) is 20.5 Å². The van der Waals surface area contributed by atoms with E-state index in [1.807, 2.05) is 18.2 Å². The van der Waals surface area contributed by atoms with Gasteiger partial charge in [0.25, 0.3) is 5.91 Å². The van der Waals surface area contributed by atoms with Crippen LogP contribution in [0, 0.1) is 0 Å². The highest BCUT2D eigenvalue weighted by Crippen LogP contribution is 2.38. The van der Waals surface area contributed by atoms with Crippen molar-refractivity contribution >= 4 is 33.1 Å². The molecular formula is C21H24N4OS. The molecule has 6 heteroatoms. The van der Waals surface area contributed by atoms with Crippen LogP contribution in [0.4, 0.5) is 5.82 Å². The van der Waals surface area contributed by atoms with E-state index in [9.17, 15) is 4.79 Å². The number of pyridine rings is 1. The molecular weight excluding hydrogens is 356 g/mol. The van der Waals surface area contributed by atoms with Crippen LogP contribution in [-0.2, 0) is 0 Å². The van der Waals surface area contributed by atoms with Crippen molar-refractivity contribution < 1.29 is 4.79 Å². The number of nitrogens with zero attached hydrogens (tertiary/aromatic N) is 1. The average molecular weight is 381 g/mol. The fourth-order valence-corrected chi connectivity index (χ4v) is 4.97. The Morgan fingerprint density at radius 1 is 1.37 bits per heavy atom. The number of amides is 1. The van der Waals surface area contributed by atoms with E-state index in [-0.39, 0.29) is 0 Å². The van der Waals surface area contributed by atoms with E-state index in [1.54, 1.807) is 17.5 Å². The van der Waals surface area contributed by atoms with Gasteiger partial charge in [-0.2, -0.15) is 0 Å². The van der Waals surface area contributed by atoms with Gasteiger partial charge in [0.1, 0.15) is 5.82 Å². The lowest BCUT2D eigenvalue weighted by molar-refractivity contribution is 0.100. The normalized spacial score (nSPS) is 19.9. The van der Waals surface area contributed by atoms with Crippen LogP contribution >= 0.6 is 11.3 Å². The maximum atomic E-state index is 11.9. The first kappa shape index (κ1) is 17.9. The van der Waals surface area contributed by atoms with Gasteiger partial charge in [0, 0.05) is 28.5 Å². The monoisotopic (exact) mass is 380 g/mol. The minimum atomic E-state index is -0.439. The zero-order chi connectivity index (χ0) is 18.8. The molecule has 1 amide bonds. The molecule has 3 heterocycles. The molecule has 0 spiro atoms. The minimum absolute atomic E-state index is 0.332. The number of aromatic nitrogens is 1. The zero-order valence-electron chi connectivity index (χ0n) is 15.4. The highest BCUT2D eigenvalue weighted by atomic mass is 32.1. The molecule has 1 fully saturated rings. The first-order valence-corrected chi connectivity index (χ1v) is 10.3. The average Bonchev–Trinajstić information content (AvgIpc) is 3.15. The third-order valence-electron chi connectivity index (χ3n) is 5.22. The lowest BCUT2D eigenvalue weighted by Gasteiger charge is -2.33. The Morgan fingerprint density at radius 3 is 2.93 bits per heavy atom. The van der Waals surface area contributed by atoms with Gasteiger partial charge in [-0.3, -0.25) is 4.79 Å². The Labute approximate surface area is 163 Å². The van der Waals surface area contributed by atoms with Gasteiger partial charge in [-0.25, -0.2) is 4.98 Å². The van der Waals surface area contributed by atoms with Crippen molar-refractivity contribution in [1.82, 2.24) is 10.3 Å². The number of hydrogen-bond acceptors (Lipinski definition) is 5. The maximum absolute atomic E-state index is 11.9. The summed E-state index contributed by atoms with van der Waals surface area (Å²) < 4.78 is 0.899. The molecule has 0 radical (unpaired) electrons. The molecule has 1 aliphatic rings. The number of hydrogen-bond donors (Lipinski definition) is 3. The third kappa shape index (κ3) is 3.55. The number of benzene rings is 1. The van der Waals surface area contributed by atoms with Crippen molar-refractivity contribution in [3.05, 3.63) is 48.2 Å². The number of anilines is 1. The quantitative estimate of drug-likeness (QED) is 0.625. The van der Waals surface area contributed by atoms with Crippen LogP contribution in [0.5, 0.6) is 0 Å². The number of thiophene rings is 1. The van der Waals surface area contributed by atoms with E-state index >= 15 is 0 Å². The molecule has 140 valence electrons. The number of primary amides is 1. The zero-order valence-corrected chi connectivity index (χ0v) is 16.2. The van der Waals surface area contributed by atoms with Crippen LogP contribution in [0.3, 0.4) is 0 Å². The predicted octanol–water partition coefficient (Wildman–Crippen LogP) is 4.00. The molecule has 2 aromatic heterocycles. The van der Waals surface area contributed by atoms with E-state index in [0.717, 1.165) is 52.2 Å². The summed E-state index contributed by atoms with van der Waals surface area (Å²) in [6.45, 7) is 3.27. The Bertz CT molecular complexity index is 953. The van der Waals surface area contributed by atoms with Crippen LogP contribution < -0.4 is 16.4 Å². The molecule has 0 bridgehead atoms. The van der Waals surface area contributed by atoms with Crippen molar-refractivity contribution in [2.45, 2.75) is 38.3 Å². The van der Waals surface area contributed by atoms with E-state index < -0.39 is 5.91 Å². The Kier molecular flexibility index (Phi) is 5.09. The summed E-state index contributed by atoms with van der Waals surface area (Å²) in [6.07, 6.45) is 4.94. The second-order valence-electron chi connectivity index (χ2n) is 6.97. The fraction of sp³-hybridized carbons (Fsp3) is 0.333. The number of rotatable bonds is 5. The molecule has 3 aromatic rings. The van der Waals surface area contributed by atoms with Crippen LogP contribution in [-0.4, -0.2) is 29.5 Å². The van der Waals surface area contributed by atoms with Gasteiger partial charge in [-0.1, -0.05) is 37.3 Å². The fourth-order valence-electron chi connectivity index (χ4n) is 3.79. The smallest absolute Gasteiger partial charge is 0.251 e. The molecule has 4 N–H and O–H groups in total. The largest absolute Gasteiger partial charge is 0.366 e. The number of fused-ring (bicyclic) bond motifs is 1. The molecule has 27 heavy (non-hydrogen) atoms. The number of piperidine rings is 1. The number of nitrogens with one attached hydrogen (secondary N) is 2. The summed E-state index contributed by atoms with van der Waals surface area (Å²) in [6, 6.07) is 13.1.